The molecule has 0 saturated heterocycles. The summed E-state index contributed by atoms with van der Waals surface area (Å²) in [4.78, 5) is 24.6. The van der Waals surface area contributed by atoms with Gasteiger partial charge >= 0.3 is 5.97 Å². The van der Waals surface area contributed by atoms with Gasteiger partial charge in [-0.1, -0.05) is 11.2 Å². The number of aromatic nitrogens is 1. The fraction of sp³-hybridized carbons (Fsp3) is 0.217. The highest BCUT2D eigenvalue weighted by Crippen LogP contribution is 2.19. The number of nitriles is 1. The van der Waals surface area contributed by atoms with Gasteiger partial charge in [0.25, 0.3) is 5.91 Å². The first-order valence-corrected chi connectivity index (χ1v) is 9.54. The summed E-state index contributed by atoms with van der Waals surface area (Å²) in [6.07, 6.45) is -1.02. The van der Waals surface area contributed by atoms with Crippen LogP contribution in [0.5, 0.6) is 5.75 Å². The average molecular weight is 419 g/mol. The van der Waals surface area contributed by atoms with Gasteiger partial charge in [-0.05, 0) is 63.2 Å². The smallest absolute Gasteiger partial charge is 0.338 e. The summed E-state index contributed by atoms with van der Waals surface area (Å²) in [6.45, 7) is 5.43. The van der Waals surface area contributed by atoms with Crippen LogP contribution in [0.3, 0.4) is 0 Å². The van der Waals surface area contributed by atoms with E-state index in [2.05, 4.69) is 10.5 Å². The Bertz CT molecular complexity index is 1110. The summed E-state index contributed by atoms with van der Waals surface area (Å²) in [5, 5.41) is 15.4. The zero-order valence-corrected chi connectivity index (χ0v) is 17.3. The van der Waals surface area contributed by atoms with Gasteiger partial charge in [0.05, 0.1) is 28.5 Å². The van der Waals surface area contributed by atoms with Crippen LogP contribution < -0.4 is 10.1 Å². The second-order valence-electron chi connectivity index (χ2n) is 6.85. The van der Waals surface area contributed by atoms with E-state index in [1.165, 1.54) is 13.0 Å². The van der Waals surface area contributed by atoms with Gasteiger partial charge in [0, 0.05) is 5.69 Å². The molecule has 158 valence electrons. The molecule has 1 amide bonds. The Morgan fingerprint density at radius 2 is 1.94 bits per heavy atom. The number of hydrogen-bond donors (Lipinski definition) is 1. The second kappa shape index (κ2) is 9.59. The number of benzene rings is 2. The molecule has 0 fully saturated rings. The second-order valence-corrected chi connectivity index (χ2v) is 6.85. The molecule has 0 bridgehead atoms. The number of carbonyl (C=O) groups excluding carboxylic acids is 2. The van der Waals surface area contributed by atoms with Gasteiger partial charge in [-0.25, -0.2) is 4.79 Å². The summed E-state index contributed by atoms with van der Waals surface area (Å²) in [5.74, 6) is 0.137. The molecule has 0 spiro atoms. The normalized spacial score (nSPS) is 11.3. The number of esters is 1. The van der Waals surface area contributed by atoms with Crippen LogP contribution in [-0.2, 0) is 16.1 Å². The molecule has 2 aromatic carbocycles. The third-order valence-corrected chi connectivity index (χ3v) is 4.57. The molecule has 0 aliphatic rings. The monoisotopic (exact) mass is 419 g/mol. The lowest BCUT2D eigenvalue weighted by Gasteiger charge is -2.14. The SMILES string of the molecule is Cc1noc(C)c1COc1ccc(C(=O)OC(C)C(=O)Nc2cccc(C#N)c2)cc1. The van der Waals surface area contributed by atoms with E-state index in [4.69, 9.17) is 19.3 Å². The Labute approximate surface area is 179 Å². The maximum absolute atomic E-state index is 12.4. The molecule has 1 atom stereocenters. The van der Waals surface area contributed by atoms with Crippen LogP contribution in [0.1, 0.15) is 39.9 Å². The molecule has 1 aromatic heterocycles. The summed E-state index contributed by atoms with van der Waals surface area (Å²) >= 11 is 0. The van der Waals surface area contributed by atoms with Gasteiger partial charge in [0.1, 0.15) is 18.1 Å². The fourth-order valence-corrected chi connectivity index (χ4v) is 2.74. The molecule has 0 saturated carbocycles. The number of anilines is 1. The summed E-state index contributed by atoms with van der Waals surface area (Å²) in [5.41, 5.74) is 2.80. The lowest BCUT2D eigenvalue weighted by molar-refractivity contribution is -0.123. The van der Waals surface area contributed by atoms with Crippen LogP contribution in [0.2, 0.25) is 0 Å². The standard InChI is InChI=1S/C23H21N3O5/c1-14-21(15(2)31-26-14)13-29-20-9-7-18(8-10-20)23(28)30-16(3)22(27)25-19-6-4-5-17(11-19)12-24/h4-11,16H,13H2,1-3H3,(H,25,27). The number of amides is 1. The molecule has 1 N–H and O–H groups in total. The van der Waals surface area contributed by atoms with Gasteiger partial charge in [-0.15, -0.1) is 0 Å². The van der Waals surface area contributed by atoms with Crippen molar-refractivity contribution in [3.05, 3.63) is 76.7 Å². The van der Waals surface area contributed by atoms with Gasteiger partial charge in [0.15, 0.2) is 6.10 Å². The summed E-state index contributed by atoms with van der Waals surface area (Å²) in [6, 6.07) is 14.9. The summed E-state index contributed by atoms with van der Waals surface area (Å²) < 4.78 is 16.1. The molecule has 0 aliphatic heterocycles. The Morgan fingerprint density at radius 1 is 1.19 bits per heavy atom. The van der Waals surface area contributed by atoms with Gasteiger partial charge in [-0.2, -0.15) is 5.26 Å². The zero-order valence-electron chi connectivity index (χ0n) is 17.3. The van der Waals surface area contributed by atoms with E-state index in [1.807, 2.05) is 19.9 Å². The minimum Gasteiger partial charge on any atom is -0.489 e. The van der Waals surface area contributed by atoms with Crippen LogP contribution in [0.15, 0.2) is 53.1 Å². The van der Waals surface area contributed by atoms with Crippen molar-refractivity contribution in [1.29, 1.82) is 5.26 Å². The van der Waals surface area contributed by atoms with Crippen molar-refractivity contribution in [2.24, 2.45) is 0 Å². The molecule has 8 nitrogen and oxygen atoms in total. The van der Waals surface area contributed by atoms with E-state index in [-0.39, 0.29) is 5.56 Å². The maximum Gasteiger partial charge on any atom is 0.338 e. The van der Waals surface area contributed by atoms with Crippen molar-refractivity contribution < 1.29 is 23.6 Å². The van der Waals surface area contributed by atoms with E-state index < -0.39 is 18.0 Å². The van der Waals surface area contributed by atoms with Crippen molar-refractivity contribution in [2.75, 3.05) is 5.32 Å². The summed E-state index contributed by atoms with van der Waals surface area (Å²) in [7, 11) is 0. The first-order chi connectivity index (χ1) is 14.9. The van der Waals surface area contributed by atoms with Crippen LogP contribution in [0, 0.1) is 25.2 Å². The van der Waals surface area contributed by atoms with Crippen LogP contribution in [0.4, 0.5) is 5.69 Å². The molecule has 0 aliphatic carbocycles. The van der Waals surface area contributed by atoms with Gasteiger partial charge in [0.2, 0.25) is 0 Å². The van der Waals surface area contributed by atoms with E-state index in [0.29, 0.717) is 29.4 Å². The zero-order chi connectivity index (χ0) is 22.4. The highest BCUT2D eigenvalue weighted by molar-refractivity contribution is 5.97. The number of rotatable bonds is 7. The largest absolute Gasteiger partial charge is 0.489 e. The van der Waals surface area contributed by atoms with E-state index in [1.54, 1.807) is 42.5 Å². The Balaban J connectivity index is 1.54. The van der Waals surface area contributed by atoms with Crippen molar-refractivity contribution in [3.63, 3.8) is 0 Å². The lowest BCUT2D eigenvalue weighted by Crippen LogP contribution is -2.30. The van der Waals surface area contributed by atoms with Gasteiger partial charge < -0.3 is 19.3 Å². The quantitative estimate of drug-likeness (QED) is 0.577. The molecule has 1 unspecified atom stereocenters. The molecule has 1 heterocycles. The first-order valence-electron chi connectivity index (χ1n) is 9.54. The number of carbonyl (C=O) groups is 2. The number of ether oxygens (including phenoxy) is 2. The Morgan fingerprint density at radius 3 is 2.58 bits per heavy atom. The highest BCUT2D eigenvalue weighted by atomic mass is 16.5. The van der Waals surface area contributed by atoms with Crippen molar-refractivity contribution >= 4 is 17.6 Å². The minimum atomic E-state index is -1.02. The van der Waals surface area contributed by atoms with Crippen LogP contribution >= 0.6 is 0 Å². The Kier molecular flexibility index (Phi) is 6.67. The predicted octanol–water partition coefficient (Wildman–Crippen LogP) is 3.93. The Hall–Kier alpha value is -4.12. The lowest BCUT2D eigenvalue weighted by atomic mass is 10.2. The first kappa shape index (κ1) is 21.6. The fourth-order valence-electron chi connectivity index (χ4n) is 2.74. The third-order valence-electron chi connectivity index (χ3n) is 4.57. The van der Waals surface area contributed by atoms with E-state index >= 15 is 0 Å². The average Bonchev–Trinajstić information content (AvgIpc) is 3.09. The number of nitrogens with one attached hydrogen (secondary N) is 1. The molecule has 3 rings (SSSR count). The van der Waals surface area contributed by atoms with Crippen molar-refractivity contribution in [1.82, 2.24) is 5.16 Å². The molecule has 31 heavy (non-hydrogen) atoms. The highest BCUT2D eigenvalue weighted by Gasteiger charge is 2.19. The topological polar surface area (TPSA) is 114 Å². The molecule has 0 radical (unpaired) electrons. The van der Waals surface area contributed by atoms with Gasteiger partial charge in [-0.3, -0.25) is 4.79 Å². The predicted molar refractivity (Wildman–Crippen MR) is 111 cm³/mol. The number of nitrogens with zero attached hydrogens (tertiary/aromatic N) is 2. The molecule has 3 aromatic rings. The third kappa shape index (κ3) is 5.48. The molecular weight excluding hydrogens is 398 g/mol. The molecule has 8 heteroatoms. The van der Waals surface area contributed by atoms with Crippen LogP contribution in [0.25, 0.3) is 0 Å². The van der Waals surface area contributed by atoms with Crippen LogP contribution in [-0.4, -0.2) is 23.1 Å². The van der Waals surface area contributed by atoms with Crippen molar-refractivity contribution in [2.45, 2.75) is 33.5 Å². The van der Waals surface area contributed by atoms with E-state index in [0.717, 1.165) is 11.3 Å². The number of aryl methyl sites for hydroxylation is 2. The van der Waals surface area contributed by atoms with E-state index in [9.17, 15) is 9.59 Å². The number of hydrogen-bond acceptors (Lipinski definition) is 7. The van der Waals surface area contributed by atoms with Crippen molar-refractivity contribution in [3.8, 4) is 11.8 Å². The molecular formula is C23H21N3O5. The maximum atomic E-state index is 12.4. The minimum absolute atomic E-state index is 0.288.